The van der Waals surface area contributed by atoms with E-state index in [1.807, 2.05) is 24.3 Å². The average Bonchev–Trinajstić information content (AvgIpc) is 3.32. The second-order valence-corrected chi connectivity index (χ2v) is 12.5. The molecular formula is C37H24I2O2. The van der Waals surface area contributed by atoms with Crippen molar-refractivity contribution in [2.75, 3.05) is 0 Å². The van der Waals surface area contributed by atoms with E-state index in [2.05, 4.69) is 167 Å². The van der Waals surface area contributed by atoms with E-state index < -0.39 is 5.41 Å². The first-order chi connectivity index (χ1) is 20.1. The minimum Gasteiger partial charge on any atom is -0.457 e. The zero-order valence-corrected chi connectivity index (χ0v) is 26.2. The van der Waals surface area contributed by atoms with Crippen molar-refractivity contribution in [1.29, 1.82) is 0 Å². The number of fused-ring (bicyclic) bond motifs is 3. The first-order valence-electron chi connectivity index (χ1n) is 13.4. The molecule has 6 aromatic rings. The molecule has 7 rings (SSSR count). The maximum atomic E-state index is 6.19. The summed E-state index contributed by atoms with van der Waals surface area (Å²) in [5.74, 6) is 3.28. The van der Waals surface area contributed by atoms with Crippen molar-refractivity contribution in [2.45, 2.75) is 5.41 Å². The molecule has 0 atom stereocenters. The molecule has 0 bridgehead atoms. The second-order valence-electron chi connectivity index (χ2n) is 10.0. The molecule has 0 aliphatic heterocycles. The van der Waals surface area contributed by atoms with Gasteiger partial charge in [0.05, 0.1) is 5.41 Å². The van der Waals surface area contributed by atoms with Gasteiger partial charge in [0, 0.05) is 7.14 Å². The number of ether oxygens (including phenoxy) is 2. The number of hydrogen-bond acceptors (Lipinski definition) is 2. The lowest BCUT2D eigenvalue weighted by molar-refractivity contribution is 0.482. The fourth-order valence-corrected chi connectivity index (χ4v) is 6.57. The highest BCUT2D eigenvalue weighted by atomic mass is 127. The first-order valence-corrected chi connectivity index (χ1v) is 15.5. The molecule has 4 heteroatoms. The summed E-state index contributed by atoms with van der Waals surface area (Å²) in [5, 5.41) is 0. The summed E-state index contributed by atoms with van der Waals surface area (Å²) in [6.45, 7) is 0. The van der Waals surface area contributed by atoms with Gasteiger partial charge >= 0.3 is 0 Å². The van der Waals surface area contributed by atoms with Crippen LogP contribution in [-0.2, 0) is 5.41 Å². The fraction of sp³-hybridized carbons (Fsp3) is 0.0270. The molecular weight excluding hydrogens is 730 g/mol. The highest BCUT2D eigenvalue weighted by Crippen LogP contribution is 2.56. The minimum absolute atomic E-state index is 0.476. The van der Waals surface area contributed by atoms with Gasteiger partial charge in [0.25, 0.3) is 0 Å². The Balaban J connectivity index is 1.34. The predicted molar refractivity (Wildman–Crippen MR) is 182 cm³/mol. The number of halogens is 2. The summed E-state index contributed by atoms with van der Waals surface area (Å²) in [7, 11) is 0. The molecule has 1 aliphatic rings. The van der Waals surface area contributed by atoms with E-state index >= 15 is 0 Å². The zero-order valence-electron chi connectivity index (χ0n) is 21.9. The molecule has 0 saturated carbocycles. The molecule has 6 aromatic carbocycles. The summed E-state index contributed by atoms with van der Waals surface area (Å²) in [6.07, 6.45) is 0. The largest absolute Gasteiger partial charge is 0.457 e. The van der Waals surface area contributed by atoms with Gasteiger partial charge in [-0.05, 0) is 151 Å². The maximum Gasteiger partial charge on any atom is 0.127 e. The molecule has 0 saturated heterocycles. The lowest BCUT2D eigenvalue weighted by atomic mass is 9.68. The Morgan fingerprint density at radius 1 is 0.366 bits per heavy atom. The lowest BCUT2D eigenvalue weighted by Crippen LogP contribution is -2.28. The van der Waals surface area contributed by atoms with Crippen LogP contribution >= 0.6 is 45.2 Å². The molecule has 0 N–H and O–H groups in total. The Bertz CT molecular complexity index is 1690. The van der Waals surface area contributed by atoms with Crippen LogP contribution in [0.25, 0.3) is 11.1 Å². The van der Waals surface area contributed by atoms with Crippen molar-refractivity contribution in [3.63, 3.8) is 0 Å². The van der Waals surface area contributed by atoms with Gasteiger partial charge in [-0.2, -0.15) is 0 Å². The van der Waals surface area contributed by atoms with Crippen LogP contribution in [0.3, 0.4) is 0 Å². The van der Waals surface area contributed by atoms with E-state index in [9.17, 15) is 0 Å². The van der Waals surface area contributed by atoms with Crippen LogP contribution in [0.4, 0.5) is 0 Å². The third-order valence-corrected chi connectivity index (χ3v) is 9.06. The van der Waals surface area contributed by atoms with Crippen LogP contribution < -0.4 is 9.47 Å². The van der Waals surface area contributed by atoms with E-state index in [0.29, 0.717) is 0 Å². The highest BCUT2D eigenvalue weighted by molar-refractivity contribution is 14.1. The topological polar surface area (TPSA) is 18.5 Å². The first kappa shape index (κ1) is 26.3. The van der Waals surface area contributed by atoms with E-state index in [0.717, 1.165) is 23.0 Å². The molecule has 0 amide bonds. The van der Waals surface area contributed by atoms with Crippen molar-refractivity contribution in [1.82, 2.24) is 0 Å². The Labute approximate surface area is 267 Å². The second kappa shape index (κ2) is 11.0. The third-order valence-electron chi connectivity index (χ3n) is 7.63. The predicted octanol–water partition coefficient (Wildman–Crippen LogP) is 10.8. The summed E-state index contributed by atoms with van der Waals surface area (Å²) >= 11 is 4.61. The Kier molecular flexibility index (Phi) is 7.04. The number of rotatable bonds is 6. The van der Waals surface area contributed by atoms with Gasteiger partial charge in [0.1, 0.15) is 23.0 Å². The lowest BCUT2D eigenvalue weighted by Gasteiger charge is -2.34. The summed E-state index contributed by atoms with van der Waals surface area (Å²) in [5.41, 5.74) is 6.99. The molecule has 1 aliphatic carbocycles. The maximum absolute atomic E-state index is 6.19. The monoisotopic (exact) mass is 754 g/mol. The molecule has 0 radical (unpaired) electrons. The van der Waals surface area contributed by atoms with Gasteiger partial charge in [-0.25, -0.2) is 0 Å². The summed E-state index contributed by atoms with van der Waals surface area (Å²) in [6, 6.07) is 50.9. The van der Waals surface area contributed by atoms with Crippen LogP contribution in [0, 0.1) is 7.14 Å². The van der Waals surface area contributed by atoms with Crippen LogP contribution in [0.15, 0.2) is 146 Å². The Morgan fingerprint density at radius 3 is 1.05 bits per heavy atom. The Morgan fingerprint density at radius 2 is 0.683 bits per heavy atom. The molecule has 0 unspecified atom stereocenters. The molecule has 0 aromatic heterocycles. The van der Waals surface area contributed by atoms with Crippen molar-refractivity contribution in [3.05, 3.63) is 175 Å². The molecule has 0 heterocycles. The summed E-state index contributed by atoms with van der Waals surface area (Å²) < 4.78 is 14.7. The van der Waals surface area contributed by atoms with Gasteiger partial charge in [0.2, 0.25) is 0 Å². The quantitative estimate of drug-likeness (QED) is 0.157. The molecule has 2 nitrogen and oxygen atoms in total. The molecule has 0 spiro atoms. The van der Waals surface area contributed by atoms with Crippen LogP contribution in [0.1, 0.15) is 22.3 Å². The van der Waals surface area contributed by atoms with Gasteiger partial charge in [-0.1, -0.05) is 72.8 Å². The highest BCUT2D eigenvalue weighted by Gasteiger charge is 2.45. The van der Waals surface area contributed by atoms with Crippen LogP contribution in [0.2, 0.25) is 0 Å². The van der Waals surface area contributed by atoms with E-state index in [1.54, 1.807) is 0 Å². The number of hydrogen-bond donors (Lipinski definition) is 0. The van der Waals surface area contributed by atoms with Gasteiger partial charge in [0.15, 0.2) is 0 Å². The van der Waals surface area contributed by atoms with Gasteiger partial charge in [-0.15, -0.1) is 0 Å². The van der Waals surface area contributed by atoms with E-state index in [-0.39, 0.29) is 0 Å². The molecule has 41 heavy (non-hydrogen) atoms. The van der Waals surface area contributed by atoms with Crippen LogP contribution in [0.5, 0.6) is 23.0 Å². The van der Waals surface area contributed by atoms with Gasteiger partial charge < -0.3 is 9.47 Å². The van der Waals surface area contributed by atoms with E-state index in [4.69, 9.17) is 9.47 Å². The minimum atomic E-state index is -0.476. The smallest absolute Gasteiger partial charge is 0.127 e. The number of benzene rings is 6. The zero-order chi connectivity index (χ0) is 27.8. The molecule has 0 fully saturated rings. The standard InChI is InChI=1S/C37H24I2O2/c38-27-13-21-31(22-14-27)40-29-17-9-25(10-18-29)37(35-7-3-1-5-33(35)34-6-2-4-8-36(34)37)26-11-19-30(20-12-26)41-32-23-15-28(39)16-24-32/h1-24H. The van der Waals surface area contributed by atoms with Gasteiger partial charge in [-0.3, -0.25) is 0 Å². The summed E-state index contributed by atoms with van der Waals surface area (Å²) in [4.78, 5) is 0. The fourth-order valence-electron chi connectivity index (χ4n) is 5.85. The van der Waals surface area contributed by atoms with E-state index in [1.165, 1.54) is 40.5 Å². The molecule has 198 valence electrons. The third kappa shape index (κ3) is 4.83. The van der Waals surface area contributed by atoms with Crippen LogP contribution in [-0.4, -0.2) is 0 Å². The normalized spacial score (nSPS) is 12.8. The van der Waals surface area contributed by atoms with Crippen molar-refractivity contribution in [3.8, 4) is 34.1 Å². The van der Waals surface area contributed by atoms with Crippen molar-refractivity contribution >= 4 is 45.2 Å². The Hall–Kier alpha value is -3.62. The van der Waals surface area contributed by atoms with Crippen molar-refractivity contribution in [2.24, 2.45) is 0 Å². The SMILES string of the molecule is Ic1ccc(Oc2ccc(C3(c4ccc(Oc5ccc(I)cc5)cc4)c4ccccc4-c4ccccc43)cc2)cc1. The van der Waals surface area contributed by atoms with Crippen molar-refractivity contribution < 1.29 is 9.47 Å². The average molecular weight is 754 g/mol.